The van der Waals surface area contributed by atoms with E-state index < -0.39 is 10.0 Å². The van der Waals surface area contributed by atoms with E-state index in [1.807, 2.05) is 30.9 Å². The van der Waals surface area contributed by atoms with Crippen molar-refractivity contribution in [2.75, 3.05) is 17.8 Å². The fourth-order valence-corrected chi connectivity index (χ4v) is 4.36. The molecule has 1 fully saturated rings. The van der Waals surface area contributed by atoms with Gasteiger partial charge < -0.3 is 4.90 Å². The van der Waals surface area contributed by atoms with Crippen LogP contribution in [0.2, 0.25) is 0 Å². The van der Waals surface area contributed by atoms with Crippen molar-refractivity contribution in [1.82, 2.24) is 4.90 Å². The Balaban J connectivity index is 1.87. The number of sulfonamides is 1. The zero-order valence-electron chi connectivity index (χ0n) is 15.9. The number of benzene rings is 2. The molecule has 2 aromatic rings. The first kappa shape index (κ1) is 19.4. The second kappa shape index (κ2) is 8.13. The Labute approximate surface area is 161 Å². The van der Waals surface area contributed by atoms with Crippen LogP contribution in [0.4, 0.5) is 5.69 Å². The number of nitrogens with one attached hydrogen (secondary N) is 1. The van der Waals surface area contributed by atoms with Crippen molar-refractivity contribution in [3.8, 4) is 0 Å². The summed E-state index contributed by atoms with van der Waals surface area (Å²) < 4.78 is 28.1. The van der Waals surface area contributed by atoms with Crippen LogP contribution in [-0.2, 0) is 10.0 Å². The van der Waals surface area contributed by atoms with Crippen molar-refractivity contribution < 1.29 is 13.2 Å². The van der Waals surface area contributed by atoms with E-state index in [1.54, 1.807) is 24.3 Å². The molecule has 1 saturated heterocycles. The summed E-state index contributed by atoms with van der Waals surface area (Å²) in [6, 6.07) is 11.9. The average Bonchev–Trinajstić information content (AvgIpc) is 2.92. The summed E-state index contributed by atoms with van der Waals surface area (Å²) in [6.45, 7) is 5.25. The Bertz CT molecular complexity index is 913. The van der Waals surface area contributed by atoms with Gasteiger partial charge >= 0.3 is 0 Å². The van der Waals surface area contributed by atoms with Crippen molar-refractivity contribution in [1.29, 1.82) is 0 Å². The maximum atomic E-state index is 13.0. The van der Waals surface area contributed by atoms with Crippen LogP contribution in [0.5, 0.6) is 0 Å². The molecular formula is C21H26N2O3S. The molecular weight excluding hydrogens is 360 g/mol. The van der Waals surface area contributed by atoms with Crippen LogP contribution in [0.3, 0.4) is 0 Å². The van der Waals surface area contributed by atoms with E-state index >= 15 is 0 Å². The monoisotopic (exact) mass is 386 g/mol. The lowest BCUT2D eigenvalue weighted by Crippen LogP contribution is -2.32. The van der Waals surface area contributed by atoms with Crippen molar-refractivity contribution in [3.63, 3.8) is 0 Å². The van der Waals surface area contributed by atoms with Crippen molar-refractivity contribution in [3.05, 3.63) is 59.2 Å². The normalized spacial score (nSPS) is 15.3. The number of carbonyl (C=O) groups excluding carboxylic acids is 1. The molecule has 6 heteroatoms. The number of anilines is 1. The molecule has 0 radical (unpaired) electrons. The Morgan fingerprint density at radius 3 is 2.19 bits per heavy atom. The van der Waals surface area contributed by atoms with Gasteiger partial charge in [0.05, 0.1) is 4.90 Å². The van der Waals surface area contributed by atoms with Gasteiger partial charge in [0.2, 0.25) is 0 Å². The molecule has 0 unspecified atom stereocenters. The molecule has 2 aromatic carbocycles. The van der Waals surface area contributed by atoms with Crippen LogP contribution in [-0.4, -0.2) is 32.3 Å². The molecule has 5 nitrogen and oxygen atoms in total. The van der Waals surface area contributed by atoms with Crippen LogP contribution < -0.4 is 4.72 Å². The molecule has 1 N–H and O–H groups in total. The molecule has 0 saturated carbocycles. The highest BCUT2D eigenvalue weighted by Crippen LogP contribution is 2.22. The average molecular weight is 387 g/mol. The molecule has 27 heavy (non-hydrogen) atoms. The van der Waals surface area contributed by atoms with Crippen LogP contribution in [0.1, 0.15) is 47.2 Å². The van der Waals surface area contributed by atoms with E-state index in [-0.39, 0.29) is 10.8 Å². The summed E-state index contributed by atoms with van der Waals surface area (Å²) >= 11 is 0. The van der Waals surface area contributed by atoms with Gasteiger partial charge in [-0.25, -0.2) is 8.42 Å². The first-order valence-electron chi connectivity index (χ1n) is 9.36. The number of hydrogen-bond donors (Lipinski definition) is 1. The third kappa shape index (κ3) is 4.69. The molecule has 1 heterocycles. The quantitative estimate of drug-likeness (QED) is 0.859. The highest BCUT2D eigenvalue weighted by atomic mass is 32.2. The zero-order chi connectivity index (χ0) is 19.4. The second-order valence-corrected chi connectivity index (χ2v) is 8.84. The number of hydrogen-bond acceptors (Lipinski definition) is 3. The molecule has 0 atom stereocenters. The number of carbonyl (C=O) groups is 1. The maximum Gasteiger partial charge on any atom is 0.261 e. The number of likely N-dealkylation sites (tertiary alicyclic amines) is 1. The summed E-state index contributed by atoms with van der Waals surface area (Å²) in [5.74, 6) is -0.0817. The molecule has 0 bridgehead atoms. The first-order valence-corrected chi connectivity index (χ1v) is 10.8. The smallest absolute Gasteiger partial charge is 0.261 e. The third-order valence-electron chi connectivity index (χ3n) is 4.95. The van der Waals surface area contributed by atoms with Gasteiger partial charge in [-0.05, 0) is 56.5 Å². The number of nitrogens with zero attached hydrogens (tertiary/aromatic N) is 1. The summed E-state index contributed by atoms with van der Waals surface area (Å²) in [5.41, 5.74) is 2.81. The van der Waals surface area contributed by atoms with E-state index in [9.17, 15) is 13.2 Å². The molecule has 0 spiro atoms. The van der Waals surface area contributed by atoms with E-state index in [1.165, 1.54) is 6.07 Å². The third-order valence-corrected chi connectivity index (χ3v) is 6.33. The molecule has 144 valence electrons. The number of amides is 1. The van der Waals surface area contributed by atoms with Gasteiger partial charge in [-0.1, -0.05) is 36.6 Å². The summed E-state index contributed by atoms with van der Waals surface area (Å²) in [5, 5.41) is 0. The fraction of sp³-hybridized carbons (Fsp3) is 0.381. The van der Waals surface area contributed by atoms with Crippen LogP contribution in [0.25, 0.3) is 0 Å². The van der Waals surface area contributed by atoms with Gasteiger partial charge in [0.1, 0.15) is 0 Å². The van der Waals surface area contributed by atoms with Crippen molar-refractivity contribution in [2.24, 2.45) is 0 Å². The molecule has 1 amide bonds. The van der Waals surface area contributed by atoms with Gasteiger partial charge in [0.15, 0.2) is 0 Å². The maximum absolute atomic E-state index is 13.0. The van der Waals surface area contributed by atoms with E-state index in [4.69, 9.17) is 0 Å². The Morgan fingerprint density at radius 2 is 1.56 bits per heavy atom. The first-order chi connectivity index (χ1) is 12.9. The van der Waals surface area contributed by atoms with Gasteiger partial charge in [-0.2, -0.15) is 0 Å². The topological polar surface area (TPSA) is 66.5 Å². The largest absolute Gasteiger partial charge is 0.339 e. The predicted molar refractivity (Wildman–Crippen MR) is 108 cm³/mol. The highest BCUT2D eigenvalue weighted by molar-refractivity contribution is 7.92. The van der Waals surface area contributed by atoms with Gasteiger partial charge in [0.25, 0.3) is 15.9 Å². The van der Waals surface area contributed by atoms with Crippen LogP contribution in [0.15, 0.2) is 47.4 Å². The minimum Gasteiger partial charge on any atom is -0.339 e. The lowest BCUT2D eigenvalue weighted by molar-refractivity contribution is 0.0760. The number of rotatable bonds is 4. The molecule has 3 rings (SSSR count). The van der Waals surface area contributed by atoms with Crippen LogP contribution in [0, 0.1) is 13.8 Å². The van der Waals surface area contributed by atoms with Crippen molar-refractivity contribution in [2.45, 2.75) is 44.4 Å². The summed E-state index contributed by atoms with van der Waals surface area (Å²) in [6.07, 6.45) is 4.27. The van der Waals surface area contributed by atoms with E-state index in [0.29, 0.717) is 11.3 Å². The van der Waals surface area contributed by atoms with Crippen LogP contribution >= 0.6 is 0 Å². The molecule has 1 aliphatic heterocycles. The standard InChI is InChI=1S/C21H26N2O3S/c1-16-7-10-18(11-8-16)22-27(25,26)19-12-9-17(2)20(15-19)21(24)23-13-5-3-4-6-14-23/h7-12,15,22H,3-6,13-14H2,1-2H3. The number of aryl methyl sites for hydroxylation is 2. The Morgan fingerprint density at radius 1 is 0.926 bits per heavy atom. The highest BCUT2D eigenvalue weighted by Gasteiger charge is 2.22. The van der Waals surface area contributed by atoms with Gasteiger partial charge in [0, 0.05) is 24.3 Å². The minimum absolute atomic E-state index is 0.0817. The molecule has 0 aromatic heterocycles. The summed E-state index contributed by atoms with van der Waals surface area (Å²) in [4.78, 5) is 14.9. The zero-order valence-corrected chi connectivity index (χ0v) is 16.7. The lowest BCUT2D eigenvalue weighted by atomic mass is 10.1. The SMILES string of the molecule is Cc1ccc(NS(=O)(=O)c2ccc(C)c(C(=O)N3CCCCCC3)c2)cc1. The van der Waals surface area contributed by atoms with E-state index in [0.717, 1.165) is 49.9 Å². The lowest BCUT2D eigenvalue weighted by Gasteiger charge is -2.21. The minimum atomic E-state index is -3.76. The summed E-state index contributed by atoms with van der Waals surface area (Å²) in [7, 11) is -3.76. The van der Waals surface area contributed by atoms with E-state index in [2.05, 4.69) is 4.72 Å². The van der Waals surface area contributed by atoms with Gasteiger partial charge in [-0.15, -0.1) is 0 Å². The molecule has 1 aliphatic rings. The Kier molecular flexibility index (Phi) is 5.85. The Hall–Kier alpha value is -2.34. The fourth-order valence-electron chi connectivity index (χ4n) is 3.28. The predicted octanol–water partition coefficient (Wildman–Crippen LogP) is 4.12. The second-order valence-electron chi connectivity index (χ2n) is 7.15. The van der Waals surface area contributed by atoms with Crippen molar-refractivity contribution >= 4 is 21.6 Å². The van der Waals surface area contributed by atoms with Gasteiger partial charge in [-0.3, -0.25) is 9.52 Å². The molecule has 0 aliphatic carbocycles.